The molecule has 1 amide bonds. The lowest BCUT2D eigenvalue weighted by Gasteiger charge is -2.15. The lowest BCUT2D eigenvalue weighted by molar-refractivity contribution is 0.0946. The highest BCUT2D eigenvalue weighted by atomic mass is 32.2. The van der Waals surface area contributed by atoms with Crippen molar-refractivity contribution in [2.24, 2.45) is 0 Å². The zero-order valence-corrected chi connectivity index (χ0v) is 17.1. The first-order valence-electron chi connectivity index (χ1n) is 9.74. The van der Waals surface area contributed by atoms with Gasteiger partial charge in [-0.25, -0.2) is 12.7 Å². The quantitative estimate of drug-likeness (QED) is 0.623. The summed E-state index contributed by atoms with van der Waals surface area (Å²) >= 11 is 0. The first-order chi connectivity index (χ1) is 14.5. The lowest BCUT2D eigenvalue weighted by Crippen LogP contribution is -2.29. The molecule has 0 saturated carbocycles. The molecule has 3 aromatic rings. The van der Waals surface area contributed by atoms with Gasteiger partial charge in [-0.15, -0.1) is 0 Å². The van der Waals surface area contributed by atoms with E-state index in [1.807, 2.05) is 30.3 Å². The van der Waals surface area contributed by atoms with Crippen LogP contribution in [0.3, 0.4) is 0 Å². The van der Waals surface area contributed by atoms with E-state index in [0.29, 0.717) is 35.9 Å². The summed E-state index contributed by atoms with van der Waals surface area (Å²) in [5.74, 6) is 0.404. The maximum absolute atomic E-state index is 12.4. The fourth-order valence-electron chi connectivity index (χ4n) is 3.31. The van der Waals surface area contributed by atoms with Gasteiger partial charge in [0.25, 0.3) is 5.91 Å². The Labute approximate surface area is 175 Å². The largest absolute Gasteiger partial charge is 0.343 e. The summed E-state index contributed by atoms with van der Waals surface area (Å²) in [5, 5.41) is 6.65. The van der Waals surface area contributed by atoms with E-state index in [1.54, 1.807) is 24.3 Å². The number of aromatic nitrogens is 2. The molecule has 0 aliphatic carbocycles. The number of nitrogens with zero attached hydrogens (tertiary/aromatic N) is 3. The van der Waals surface area contributed by atoms with Crippen molar-refractivity contribution in [3.05, 3.63) is 71.6 Å². The second-order valence-electron chi connectivity index (χ2n) is 7.12. The molecule has 2 heterocycles. The molecule has 4 rings (SSSR count). The Hall–Kier alpha value is -3.04. The number of carbonyl (C=O) groups is 1. The van der Waals surface area contributed by atoms with Crippen LogP contribution in [-0.2, 0) is 22.3 Å². The fourth-order valence-corrected chi connectivity index (χ4v) is 4.92. The van der Waals surface area contributed by atoms with Gasteiger partial charge in [-0.3, -0.25) is 4.79 Å². The van der Waals surface area contributed by atoms with Gasteiger partial charge in [-0.05, 0) is 30.5 Å². The molecule has 8 nitrogen and oxygen atoms in total. The number of sulfonamides is 1. The lowest BCUT2D eigenvalue weighted by atomic mass is 10.1. The van der Waals surface area contributed by atoms with Crippen molar-refractivity contribution in [3.63, 3.8) is 0 Å². The Kier molecular flexibility index (Phi) is 5.91. The average molecular weight is 426 g/mol. The predicted molar refractivity (Wildman–Crippen MR) is 111 cm³/mol. The molecule has 9 heteroatoms. The van der Waals surface area contributed by atoms with Gasteiger partial charge in [0.1, 0.15) is 0 Å². The fraction of sp³-hybridized carbons (Fsp3) is 0.286. The van der Waals surface area contributed by atoms with E-state index >= 15 is 0 Å². The van der Waals surface area contributed by atoms with Gasteiger partial charge in [0.2, 0.25) is 21.7 Å². The monoisotopic (exact) mass is 426 g/mol. The molecule has 1 N–H and O–H groups in total. The first-order valence-corrected chi connectivity index (χ1v) is 11.4. The molecule has 1 saturated heterocycles. The van der Waals surface area contributed by atoms with E-state index in [9.17, 15) is 13.2 Å². The summed E-state index contributed by atoms with van der Waals surface area (Å²) < 4.78 is 31.5. The minimum Gasteiger partial charge on any atom is -0.343 e. The van der Waals surface area contributed by atoms with E-state index < -0.39 is 10.0 Å². The summed E-state index contributed by atoms with van der Waals surface area (Å²) in [6.45, 7) is 1.28. The summed E-state index contributed by atoms with van der Waals surface area (Å²) in [6.07, 6.45) is 1.82. The number of carbonyl (C=O) groups excluding carboxylic acids is 1. The van der Waals surface area contributed by atoms with Crippen molar-refractivity contribution in [2.45, 2.75) is 25.1 Å². The van der Waals surface area contributed by atoms with Crippen LogP contribution in [0.25, 0.3) is 11.4 Å². The molecule has 30 heavy (non-hydrogen) atoms. The van der Waals surface area contributed by atoms with E-state index in [0.717, 1.165) is 18.4 Å². The van der Waals surface area contributed by atoms with Crippen molar-refractivity contribution in [1.29, 1.82) is 0 Å². The first kappa shape index (κ1) is 20.2. The van der Waals surface area contributed by atoms with Crippen molar-refractivity contribution < 1.29 is 17.7 Å². The zero-order valence-electron chi connectivity index (χ0n) is 16.3. The molecule has 2 aromatic carbocycles. The second-order valence-corrected chi connectivity index (χ2v) is 9.09. The Morgan fingerprint density at radius 1 is 1.03 bits per heavy atom. The molecular formula is C21H22N4O4S. The van der Waals surface area contributed by atoms with Gasteiger partial charge in [-0.2, -0.15) is 4.98 Å². The molecule has 1 fully saturated rings. The topological polar surface area (TPSA) is 105 Å². The highest BCUT2D eigenvalue weighted by molar-refractivity contribution is 7.88. The van der Waals surface area contributed by atoms with Gasteiger partial charge < -0.3 is 9.84 Å². The predicted octanol–water partition coefficient (Wildman–Crippen LogP) is 2.59. The molecule has 1 aromatic heterocycles. The van der Waals surface area contributed by atoms with Crippen molar-refractivity contribution in [2.75, 3.05) is 13.1 Å². The standard InChI is InChI=1S/C21H22N4O4S/c26-21(22-14-19-23-20(24-29-19)17-6-2-1-3-7-17)18-10-8-16(9-11-18)15-30(27,28)25-12-4-5-13-25/h1-3,6-11H,4-5,12-15H2,(H,22,26). The van der Waals surface area contributed by atoms with Gasteiger partial charge in [-0.1, -0.05) is 47.6 Å². The SMILES string of the molecule is O=C(NCc1nc(-c2ccccc2)no1)c1ccc(CS(=O)(=O)N2CCCC2)cc1. The number of rotatable bonds is 7. The Balaban J connectivity index is 1.33. The van der Waals surface area contributed by atoms with Crippen LogP contribution in [-0.4, -0.2) is 41.9 Å². The third-order valence-electron chi connectivity index (χ3n) is 4.92. The van der Waals surface area contributed by atoms with Crippen molar-refractivity contribution in [3.8, 4) is 11.4 Å². The summed E-state index contributed by atoms with van der Waals surface area (Å²) in [7, 11) is -3.31. The van der Waals surface area contributed by atoms with E-state index in [1.165, 1.54) is 4.31 Å². The number of hydrogen-bond acceptors (Lipinski definition) is 6. The number of hydrogen-bond donors (Lipinski definition) is 1. The van der Waals surface area contributed by atoms with Crippen LogP contribution in [0, 0.1) is 0 Å². The maximum atomic E-state index is 12.4. The van der Waals surface area contributed by atoms with E-state index in [-0.39, 0.29) is 18.2 Å². The molecular weight excluding hydrogens is 404 g/mol. The Bertz CT molecular complexity index is 1110. The third kappa shape index (κ3) is 4.74. The highest BCUT2D eigenvalue weighted by Gasteiger charge is 2.25. The number of benzene rings is 2. The van der Waals surface area contributed by atoms with Gasteiger partial charge in [0.05, 0.1) is 12.3 Å². The smallest absolute Gasteiger partial charge is 0.251 e. The third-order valence-corrected chi connectivity index (χ3v) is 6.77. The molecule has 0 spiro atoms. The van der Waals surface area contributed by atoms with Crippen LogP contribution in [0.5, 0.6) is 0 Å². The van der Waals surface area contributed by atoms with Crippen LogP contribution in [0.4, 0.5) is 0 Å². The Morgan fingerprint density at radius 2 is 1.73 bits per heavy atom. The minimum absolute atomic E-state index is 0.0564. The summed E-state index contributed by atoms with van der Waals surface area (Å²) in [4.78, 5) is 16.6. The molecule has 0 unspecified atom stereocenters. The number of nitrogens with one attached hydrogen (secondary N) is 1. The van der Waals surface area contributed by atoms with E-state index in [4.69, 9.17) is 4.52 Å². The number of amides is 1. The van der Waals surface area contributed by atoms with Gasteiger partial charge in [0.15, 0.2) is 0 Å². The average Bonchev–Trinajstić information content (AvgIpc) is 3.46. The Morgan fingerprint density at radius 3 is 2.43 bits per heavy atom. The van der Waals surface area contributed by atoms with E-state index in [2.05, 4.69) is 15.5 Å². The minimum atomic E-state index is -3.31. The molecule has 0 bridgehead atoms. The van der Waals surface area contributed by atoms with Crippen LogP contribution in [0.2, 0.25) is 0 Å². The second kappa shape index (κ2) is 8.76. The normalized spacial score (nSPS) is 14.7. The van der Waals surface area contributed by atoms with Gasteiger partial charge >= 0.3 is 0 Å². The van der Waals surface area contributed by atoms with Crippen LogP contribution >= 0.6 is 0 Å². The van der Waals surface area contributed by atoms with Crippen molar-refractivity contribution >= 4 is 15.9 Å². The molecule has 0 radical (unpaired) electrons. The zero-order chi connectivity index (χ0) is 21.0. The van der Waals surface area contributed by atoms with Crippen LogP contribution in [0.1, 0.15) is 34.7 Å². The highest BCUT2D eigenvalue weighted by Crippen LogP contribution is 2.18. The maximum Gasteiger partial charge on any atom is 0.251 e. The van der Waals surface area contributed by atoms with Gasteiger partial charge in [0, 0.05) is 24.2 Å². The summed E-state index contributed by atoms with van der Waals surface area (Å²) in [6, 6.07) is 16.0. The van der Waals surface area contributed by atoms with Crippen LogP contribution in [0.15, 0.2) is 59.1 Å². The molecule has 1 aliphatic rings. The molecule has 0 atom stereocenters. The van der Waals surface area contributed by atoms with Crippen LogP contribution < -0.4 is 5.32 Å². The van der Waals surface area contributed by atoms with Crippen molar-refractivity contribution in [1.82, 2.24) is 19.8 Å². The molecule has 156 valence electrons. The molecule has 1 aliphatic heterocycles. The summed E-state index contributed by atoms with van der Waals surface area (Å²) in [5.41, 5.74) is 1.92.